The minimum Gasteiger partial charge on any atom is -0.437 e. The van der Waals surface area contributed by atoms with Crippen LogP contribution < -0.4 is 5.32 Å². The van der Waals surface area contributed by atoms with Crippen LogP contribution in [0.25, 0.3) is 0 Å². The molecule has 2 aliphatic rings. The number of carbonyl (C=O) groups excluding carboxylic acids is 1. The first-order valence-electron chi connectivity index (χ1n) is 7.32. The Morgan fingerprint density at radius 1 is 1.38 bits per heavy atom. The van der Waals surface area contributed by atoms with Gasteiger partial charge in [0.2, 0.25) is 0 Å². The second-order valence-corrected chi connectivity index (χ2v) is 5.75. The topological polar surface area (TPSA) is 58.4 Å². The molecule has 2 aliphatic heterocycles. The first kappa shape index (κ1) is 12.6. The number of piperazine rings is 1. The van der Waals surface area contributed by atoms with Crippen molar-refractivity contribution < 1.29 is 9.21 Å². The lowest BCUT2D eigenvalue weighted by atomic mass is 10.1. The summed E-state index contributed by atoms with van der Waals surface area (Å²) in [6.07, 6.45) is 3.37. The molecule has 2 bridgehead atoms. The van der Waals surface area contributed by atoms with E-state index >= 15 is 0 Å². The molecule has 3 heterocycles. The first-order chi connectivity index (χ1) is 10.3. The number of amides is 1. The zero-order valence-electron chi connectivity index (χ0n) is 11.7. The molecule has 2 atom stereocenters. The Hall–Kier alpha value is -2.14. The van der Waals surface area contributed by atoms with E-state index in [4.69, 9.17) is 4.42 Å². The standard InChI is InChI=1S/C16H17N3O2/c20-16(19-10-12-7-13(19)8-17-12)15-18-9-14(21-15)6-11-4-2-1-3-5-11/h1-5,9,12-13,17H,6-8,10H2/t12-,13-/m0/s1. The maximum atomic E-state index is 12.4. The third kappa shape index (κ3) is 2.34. The first-order valence-corrected chi connectivity index (χ1v) is 7.32. The lowest BCUT2D eigenvalue weighted by molar-refractivity contribution is 0.0673. The van der Waals surface area contributed by atoms with E-state index in [1.807, 2.05) is 35.2 Å². The number of nitrogens with zero attached hydrogens (tertiary/aromatic N) is 2. The van der Waals surface area contributed by atoms with E-state index < -0.39 is 0 Å². The molecule has 4 rings (SSSR count). The van der Waals surface area contributed by atoms with Crippen molar-refractivity contribution >= 4 is 5.91 Å². The van der Waals surface area contributed by atoms with Crippen LogP contribution in [-0.2, 0) is 6.42 Å². The number of fused-ring (bicyclic) bond motifs is 2. The van der Waals surface area contributed by atoms with Gasteiger partial charge in [-0.15, -0.1) is 0 Å². The third-order valence-electron chi connectivity index (χ3n) is 4.28. The molecular weight excluding hydrogens is 266 g/mol. The van der Waals surface area contributed by atoms with Crippen molar-refractivity contribution in [1.29, 1.82) is 0 Å². The predicted molar refractivity (Wildman–Crippen MR) is 77.0 cm³/mol. The van der Waals surface area contributed by atoms with E-state index in [2.05, 4.69) is 10.3 Å². The lowest BCUT2D eigenvalue weighted by Crippen LogP contribution is -2.46. The number of nitrogens with one attached hydrogen (secondary N) is 1. The molecule has 2 saturated heterocycles. The van der Waals surface area contributed by atoms with Crippen molar-refractivity contribution in [1.82, 2.24) is 15.2 Å². The van der Waals surface area contributed by atoms with Crippen LogP contribution in [0.2, 0.25) is 0 Å². The second-order valence-electron chi connectivity index (χ2n) is 5.75. The number of hydrogen-bond acceptors (Lipinski definition) is 4. The molecular formula is C16H17N3O2. The highest BCUT2D eigenvalue weighted by Crippen LogP contribution is 2.25. The van der Waals surface area contributed by atoms with Gasteiger partial charge < -0.3 is 14.6 Å². The third-order valence-corrected chi connectivity index (χ3v) is 4.28. The van der Waals surface area contributed by atoms with E-state index in [-0.39, 0.29) is 11.8 Å². The van der Waals surface area contributed by atoms with Gasteiger partial charge in [0.25, 0.3) is 5.89 Å². The van der Waals surface area contributed by atoms with Gasteiger partial charge in [-0.25, -0.2) is 4.98 Å². The van der Waals surface area contributed by atoms with Gasteiger partial charge in [-0.3, -0.25) is 4.79 Å². The molecule has 2 fully saturated rings. The molecule has 2 aromatic rings. The molecule has 1 amide bonds. The highest BCUT2D eigenvalue weighted by Gasteiger charge is 2.41. The normalized spacial score (nSPS) is 23.7. The average Bonchev–Trinajstić information content (AvgIpc) is 3.24. The predicted octanol–water partition coefficient (Wildman–Crippen LogP) is 1.45. The number of hydrogen-bond donors (Lipinski definition) is 1. The minimum atomic E-state index is -0.0803. The van der Waals surface area contributed by atoms with E-state index in [0.29, 0.717) is 18.5 Å². The Morgan fingerprint density at radius 3 is 2.95 bits per heavy atom. The summed E-state index contributed by atoms with van der Waals surface area (Å²) >= 11 is 0. The monoisotopic (exact) mass is 283 g/mol. The van der Waals surface area contributed by atoms with Crippen LogP contribution in [-0.4, -0.2) is 41.0 Å². The molecule has 5 heteroatoms. The molecule has 0 radical (unpaired) electrons. The molecule has 0 aliphatic carbocycles. The van der Waals surface area contributed by atoms with Crippen LogP contribution in [0.3, 0.4) is 0 Å². The number of carbonyl (C=O) groups is 1. The summed E-state index contributed by atoms with van der Waals surface area (Å²) in [5.74, 6) is 0.865. The summed E-state index contributed by atoms with van der Waals surface area (Å²) in [4.78, 5) is 18.5. The summed E-state index contributed by atoms with van der Waals surface area (Å²) in [6.45, 7) is 1.65. The highest BCUT2D eigenvalue weighted by atomic mass is 16.4. The van der Waals surface area contributed by atoms with Gasteiger partial charge in [-0.1, -0.05) is 30.3 Å². The van der Waals surface area contributed by atoms with Crippen LogP contribution >= 0.6 is 0 Å². The summed E-state index contributed by atoms with van der Waals surface area (Å²) in [7, 11) is 0. The molecule has 108 valence electrons. The number of rotatable bonds is 3. The van der Waals surface area contributed by atoms with E-state index in [1.54, 1.807) is 6.20 Å². The lowest BCUT2D eigenvalue weighted by Gasteiger charge is -2.25. The molecule has 0 spiro atoms. The largest absolute Gasteiger partial charge is 0.437 e. The number of likely N-dealkylation sites (tertiary alicyclic amines) is 1. The maximum Gasteiger partial charge on any atom is 0.310 e. The van der Waals surface area contributed by atoms with Gasteiger partial charge in [0, 0.05) is 31.6 Å². The van der Waals surface area contributed by atoms with Crippen molar-refractivity contribution in [2.75, 3.05) is 13.1 Å². The molecule has 21 heavy (non-hydrogen) atoms. The Balaban J connectivity index is 1.48. The Morgan fingerprint density at radius 2 is 2.24 bits per heavy atom. The maximum absolute atomic E-state index is 12.4. The number of aromatic nitrogens is 1. The average molecular weight is 283 g/mol. The van der Waals surface area contributed by atoms with Gasteiger partial charge in [0.15, 0.2) is 0 Å². The van der Waals surface area contributed by atoms with E-state index in [0.717, 1.165) is 30.8 Å². The Bertz CT molecular complexity index is 653. The van der Waals surface area contributed by atoms with Crippen molar-refractivity contribution in [3.63, 3.8) is 0 Å². The van der Waals surface area contributed by atoms with Crippen molar-refractivity contribution in [3.8, 4) is 0 Å². The highest BCUT2D eigenvalue weighted by molar-refractivity contribution is 5.90. The summed E-state index contributed by atoms with van der Waals surface area (Å²) in [6, 6.07) is 10.8. The van der Waals surface area contributed by atoms with Crippen molar-refractivity contribution in [2.24, 2.45) is 0 Å². The quantitative estimate of drug-likeness (QED) is 0.926. The van der Waals surface area contributed by atoms with Crippen LogP contribution in [0.1, 0.15) is 28.4 Å². The summed E-state index contributed by atoms with van der Waals surface area (Å²) < 4.78 is 5.65. The molecule has 0 saturated carbocycles. The van der Waals surface area contributed by atoms with Gasteiger partial charge in [0.05, 0.1) is 6.20 Å². The Kier molecular flexibility index (Phi) is 3.00. The number of oxazole rings is 1. The Labute approximate surface area is 123 Å². The molecule has 1 N–H and O–H groups in total. The van der Waals surface area contributed by atoms with Crippen molar-refractivity contribution in [2.45, 2.75) is 24.9 Å². The van der Waals surface area contributed by atoms with Crippen LogP contribution in [0.4, 0.5) is 0 Å². The number of benzene rings is 1. The molecule has 0 unspecified atom stereocenters. The van der Waals surface area contributed by atoms with Crippen LogP contribution in [0.5, 0.6) is 0 Å². The molecule has 1 aromatic heterocycles. The van der Waals surface area contributed by atoms with Crippen LogP contribution in [0.15, 0.2) is 40.9 Å². The van der Waals surface area contributed by atoms with Gasteiger partial charge in [-0.05, 0) is 12.0 Å². The fourth-order valence-corrected chi connectivity index (χ4v) is 3.22. The zero-order chi connectivity index (χ0) is 14.2. The molecule has 5 nitrogen and oxygen atoms in total. The smallest absolute Gasteiger partial charge is 0.310 e. The molecule has 1 aromatic carbocycles. The van der Waals surface area contributed by atoms with Gasteiger partial charge in [-0.2, -0.15) is 0 Å². The van der Waals surface area contributed by atoms with Crippen molar-refractivity contribution in [3.05, 3.63) is 53.7 Å². The zero-order valence-corrected chi connectivity index (χ0v) is 11.7. The van der Waals surface area contributed by atoms with E-state index in [1.165, 1.54) is 0 Å². The van der Waals surface area contributed by atoms with Gasteiger partial charge in [0.1, 0.15) is 5.76 Å². The van der Waals surface area contributed by atoms with Gasteiger partial charge >= 0.3 is 5.91 Å². The summed E-state index contributed by atoms with van der Waals surface area (Å²) in [5, 5.41) is 3.39. The second kappa shape index (κ2) is 5.00. The minimum absolute atomic E-state index is 0.0803. The summed E-state index contributed by atoms with van der Waals surface area (Å²) in [5.41, 5.74) is 1.15. The SMILES string of the molecule is O=C(c1ncc(Cc2ccccc2)o1)N1C[C@@H]2C[C@H]1CN2. The van der Waals surface area contributed by atoms with E-state index in [9.17, 15) is 4.79 Å². The fraction of sp³-hybridized carbons (Fsp3) is 0.375. The fourth-order valence-electron chi connectivity index (χ4n) is 3.22. The van der Waals surface area contributed by atoms with Crippen LogP contribution in [0, 0.1) is 0 Å².